The maximum atomic E-state index is 13.3. The van der Waals surface area contributed by atoms with E-state index >= 15 is 0 Å². The van der Waals surface area contributed by atoms with E-state index < -0.39 is 27.0 Å². The summed E-state index contributed by atoms with van der Waals surface area (Å²) in [6, 6.07) is 9.72. The molecule has 186 valence electrons. The van der Waals surface area contributed by atoms with Crippen LogP contribution in [0.5, 0.6) is 0 Å². The second-order valence-corrected chi connectivity index (χ2v) is 11.5. The molecule has 1 amide bonds. The highest BCUT2D eigenvalue weighted by atomic mass is 32.2. The molecule has 2 atom stereocenters. The van der Waals surface area contributed by atoms with Crippen LogP contribution in [0, 0.1) is 12.8 Å². The predicted molar refractivity (Wildman–Crippen MR) is 125 cm³/mol. The van der Waals surface area contributed by atoms with Gasteiger partial charge in [0.1, 0.15) is 0 Å². The van der Waals surface area contributed by atoms with Crippen LogP contribution in [0.1, 0.15) is 49.7 Å². The van der Waals surface area contributed by atoms with Gasteiger partial charge in [0.05, 0.1) is 23.1 Å². The second-order valence-electron chi connectivity index (χ2n) is 9.73. The van der Waals surface area contributed by atoms with Crippen molar-refractivity contribution < 1.29 is 26.4 Å². The van der Waals surface area contributed by atoms with Crippen molar-refractivity contribution in [3.05, 3.63) is 58.9 Å². The van der Waals surface area contributed by atoms with E-state index in [2.05, 4.69) is 15.0 Å². The Bertz CT molecular complexity index is 1180. The fourth-order valence-electron chi connectivity index (χ4n) is 3.99. The topological polar surface area (TPSA) is 88.2 Å². The number of benzene rings is 1. The number of hydrogen-bond acceptors (Lipinski definition) is 4. The summed E-state index contributed by atoms with van der Waals surface area (Å²) >= 11 is 0. The van der Waals surface area contributed by atoms with Crippen LogP contribution in [-0.4, -0.2) is 38.3 Å². The summed E-state index contributed by atoms with van der Waals surface area (Å²) in [5.41, 5.74) is 0.361. The number of pyridine rings is 1. The molecule has 1 aromatic carbocycles. The van der Waals surface area contributed by atoms with Crippen molar-refractivity contribution in [2.24, 2.45) is 5.92 Å². The number of aromatic nitrogens is 1. The van der Waals surface area contributed by atoms with Gasteiger partial charge >= 0.3 is 6.18 Å². The SMILES string of the molecule is Cc1nc(CCNC(=O)C2CC2(C)c2ccc(C(C)(C)C(F)(F)F)cc2)ccc1NS(C)(=O)=O. The first kappa shape index (κ1) is 26.0. The third-order valence-corrected chi connectivity index (χ3v) is 7.24. The smallest absolute Gasteiger partial charge is 0.355 e. The molecule has 1 aromatic heterocycles. The van der Waals surface area contributed by atoms with E-state index in [0.717, 1.165) is 31.4 Å². The first-order valence-corrected chi connectivity index (χ1v) is 12.8. The van der Waals surface area contributed by atoms with Gasteiger partial charge in [0.2, 0.25) is 15.9 Å². The number of carbonyl (C=O) groups is 1. The van der Waals surface area contributed by atoms with E-state index in [1.165, 1.54) is 12.1 Å². The molecule has 1 aliphatic carbocycles. The van der Waals surface area contributed by atoms with Crippen LogP contribution in [-0.2, 0) is 32.1 Å². The Morgan fingerprint density at radius 2 is 1.76 bits per heavy atom. The van der Waals surface area contributed by atoms with Crippen LogP contribution >= 0.6 is 0 Å². The largest absolute Gasteiger partial charge is 0.397 e. The standard InChI is InChI=1S/C24H30F3N3O3S/c1-15-20(30-34(5,32)33)11-10-18(29-15)12-13-28-21(31)19-14-23(19,4)17-8-6-16(7-9-17)22(2,3)24(25,26)27/h6-11,19,30H,12-14H2,1-5H3,(H,28,31). The van der Waals surface area contributed by atoms with E-state index in [1.54, 1.807) is 31.2 Å². The lowest BCUT2D eigenvalue weighted by molar-refractivity contribution is -0.180. The summed E-state index contributed by atoms with van der Waals surface area (Å²) in [7, 11) is -3.39. The molecule has 1 heterocycles. The van der Waals surface area contributed by atoms with Crippen LogP contribution in [0.25, 0.3) is 0 Å². The Kier molecular flexibility index (Phi) is 6.78. The van der Waals surface area contributed by atoms with Crippen molar-refractivity contribution >= 4 is 21.6 Å². The molecule has 1 aliphatic rings. The number of alkyl halides is 3. The van der Waals surface area contributed by atoms with Gasteiger partial charge in [-0.05, 0) is 50.5 Å². The number of sulfonamides is 1. The molecule has 0 radical (unpaired) electrons. The van der Waals surface area contributed by atoms with Crippen molar-refractivity contribution in [2.75, 3.05) is 17.5 Å². The minimum atomic E-state index is -4.35. The van der Waals surface area contributed by atoms with Crippen LogP contribution in [0.2, 0.25) is 0 Å². The highest BCUT2D eigenvalue weighted by molar-refractivity contribution is 7.92. The van der Waals surface area contributed by atoms with Crippen molar-refractivity contribution in [2.45, 2.75) is 57.5 Å². The van der Waals surface area contributed by atoms with Crippen LogP contribution in [0.3, 0.4) is 0 Å². The highest BCUT2D eigenvalue weighted by Gasteiger charge is 2.55. The number of halogens is 3. The predicted octanol–water partition coefficient (Wildman–Crippen LogP) is 4.24. The fraction of sp³-hybridized carbons (Fsp3) is 0.500. The lowest BCUT2D eigenvalue weighted by Gasteiger charge is -2.28. The number of hydrogen-bond donors (Lipinski definition) is 2. The van der Waals surface area contributed by atoms with Crippen molar-refractivity contribution in [3.63, 3.8) is 0 Å². The second kappa shape index (κ2) is 8.87. The Hall–Kier alpha value is -2.62. The Balaban J connectivity index is 1.56. The highest BCUT2D eigenvalue weighted by Crippen LogP contribution is 2.54. The van der Waals surface area contributed by atoms with Crippen molar-refractivity contribution in [1.82, 2.24) is 10.3 Å². The van der Waals surface area contributed by atoms with E-state index in [-0.39, 0.29) is 17.4 Å². The maximum absolute atomic E-state index is 13.3. The Morgan fingerprint density at radius 1 is 1.15 bits per heavy atom. The zero-order valence-electron chi connectivity index (χ0n) is 19.9. The summed E-state index contributed by atoms with van der Waals surface area (Å²) in [6.07, 6.45) is -2.17. The minimum absolute atomic E-state index is 0.103. The third-order valence-electron chi connectivity index (χ3n) is 6.65. The molecule has 2 unspecified atom stereocenters. The van der Waals surface area contributed by atoms with Gasteiger partial charge in [0.15, 0.2) is 0 Å². The Labute approximate surface area is 198 Å². The average Bonchev–Trinajstić information content (AvgIpc) is 3.41. The minimum Gasteiger partial charge on any atom is -0.355 e. The summed E-state index contributed by atoms with van der Waals surface area (Å²) in [5, 5.41) is 2.91. The lowest BCUT2D eigenvalue weighted by atomic mass is 9.82. The number of carbonyl (C=O) groups excluding carboxylic acids is 1. The molecular weight excluding hydrogens is 467 g/mol. The van der Waals surface area contributed by atoms with Crippen molar-refractivity contribution in [1.29, 1.82) is 0 Å². The van der Waals surface area contributed by atoms with Gasteiger partial charge in [-0.15, -0.1) is 0 Å². The quantitative estimate of drug-likeness (QED) is 0.571. The molecule has 0 bridgehead atoms. The van der Waals surface area contributed by atoms with Crippen LogP contribution in [0.4, 0.5) is 18.9 Å². The van der Waals surface area contributed by atoms with E-state index in [9.17, 15) is 26.4 Å². The lowest BCUT2D eigenvalue weighted by Crippen LogP contribution is -2.36. The fourth-order valence-corrected chi connectivity index (χ4v) is 4.61. The van der Waals surface area contributed by atoms with Gasteiger partial charge in [-0.1, -0.05) is 31.2 Å². The molecular formula is C24H30F3N3O3S. The molecule has 6 nitrogen and oxygen atoms in total. The van der Waals surface area contributed by atoms with E-state index in [4.69, 9.17) is 0 Å². The number of amides is 1. The molecule has 2 aromatic rings. The Morgan fingerprint density at radius 3 is 2.29 bits per heavy atom. The molecule has 0 spiro atoms. The monoisotopic (exact) mass is 497 g/mol. The molecule has 2 N–H and O–H groups in total. The molecule has 0 aliphatic heterocycles. The maximum Gasteiger partial charge on any atom is 0.397 e. The molecule has 1 fully saturated rings. The van der Waals surface area contributed by atoms with Gasteiger partial charge in [0.25, 0.3) is 0 Å². The molecule has 34 heavy (non-hydrogen) atoms. The summed E-state index contributed by atoms with van der Waals surface area (Å²) in [4.78, 5) is 17.0. The van der Waals surface area contributed by atoms with Gasteiger partial charge < -0.3 is 5.32 Å². The van der Waals surface area contributed by atoms with E-state index in [1.807, 2.05) is 6.92 Å². The number of aryl methyl sites for hydroxylation is 1. The summed E-state index contributed by atoms with van der Waals surface area (Å²) in [6.45, 7) is 6.33. The third kappa shape index (κ3) is 5.54. The van der Waals surface area contributed by atoms with E-state index in [0.29, 0.717) is 30.8 Å². The molecule has 10 heteroatoms. The number of nitrogens with one attached hydrogen (secondary N) is 2. The number of anilines is 1. The average molecular weight is 498 g/mol. The molecule has 1 saturated carbocycles. The van der Waals surface area contributed by atoms with Gasteiger partial charge in [-0.3, -0.25) is 14.5 Å². The number of nitrogens with zero attached hydrogens (tertiary/aromatic N) is 1. The van der Waals surface area contributed by atoms with Crippen LogP contribution < -0.4 is 10.0 Å². The first-order chi connectivity index (χ1) is 15.5. The summed E-state index contributed by atoms with van der Waals surface area (Å²) < 4.78 is 65.1. The van der Waals surface area contributed by atoms with Gasteiger partial charge in [-0.25, -0.2) is 8.42 Å². The zero-order chi connectivity index (χ0) is 25.5. The van der Waals surface area contributed by atoms with Crippen molar-refractivity contribution in [3.8, 4) is 0 Å². The zero-order valence-corrected chi connectivity index (χ0v) is 20.7. The first-order valence-electron chi connectivity index (χ1n) is 10.9. The van der Waals surface area contributed by atoms with Gasteiger partial charge in [0, 0.05) is 30.0 Å². The summed E-state index contributed by atoms with van der Waals surface area (Å²) in [5.74, 6) is -0.348. The normalized spacial score (nSPS) is 20.6. The molecule has 0 saturated heterocycles. The number of rotatable bonds is 8. The van der Waals surface area contributed by atoms with Gasteiger partial charge in [-0.2, -0.15) is 13.2 Å². The van der Waals surface area contributed by atoms with Crippen LogP contribution in [0.15, 0.2) is 36.4 Å². The molecule has 3 rings (SSSR count).